The summed E-state index contributed by atoms with van der Waals surface area (Å²) in [6.07, 6.45) is -0.860. The summed E-state index contributed by atoms with van der Waals surface area (Å²) in [6.45, 7) is 0. The number of nitrogens with one attached hydrogen (secondary N) is 1. The number of nitrogens with zero attached hydrogens (tertiary/aromatic N) is 3. The predicted octanol–water partition coefficient (Wildman–Crippen LogP) is 3.66. The van der Waals surface area contributed by atoms with Crippen LogP contribution in [0.25, 0.3) is 0 Å². The molecule has 0 bridgehead atoms. The maximum absolute atomic E-state index is 5.85. The summed E-state index contributed by atoms with van der Waals surface area (Å²) in [7, 11) is 0. The number of hydrogen-bond donors (Lipinski definition) is 1. The zero-order valence-electron chi connectivity index (χ0n) is 11.1. The minimum Gasteiger partial charge on any atom is -0.448 e. The Hall–Kier alpha value is -2.31. The van der Waals surface area contributed by atoms with Gasteiger partial charge in [-0.1, -0.05) is 23.2 Å². The fraction of sp³-hybridized carbons (Fsp3) is 0.0714. The lowest BCUT2D eigenvalue weighted by molar-refractivity contribution is -0.00338. The molecule has 0 spiro atoms. The highest BCUT2D eigenvalue weighted by Crippen LogP contribution is 2.25. The first-order valence-corrected chi connectivity index (χ1v) is 7.04. The van der Waals surface area contributed by atoms with Gasteiger partial charge in [0.1, 0.15) is 11.5 Å². The number of hydrogen-bond acceptors (Lipinski definition) is 5. The number of aromatic nitrogens is 4. The Kier molecular flexibility index (Phi) is 4.41. The third kappa shape index (κ3) is 3.66. The minimum absolute atomic E-state index is 0.268. The molecule has 0 fully saturated rings. The van der Waals surface area contributed by atoms with Crippen LogP contribution < -0.4 is 9.47 Å². The van der Waals surface area contributed by atoms with Gasteiger partial charge in [-0.3, -0.25) is 0 Å². The van der Waals surface area contributed by atoms with Crippen molar-refractivity contribution in [1.82, 2.24) is 20.6 Å². The molecule has 1 N–H and O–H groups in total. The van der Waals surface area contributed by atoms with Gasteiger partial charge in [0.2, 0.25) is 0 Å². The lowest BCUT2D eigenvalue weighted by Crippen LogP contribution is -2.16. The first-order valence-electron chi connectivity index (χ1n) is 6.28. The van der Waals surface area contributed by atoms with Crippen molar-refractivity contribution in [2.45, 2.75) is 6.29 Å². The summed E-state index contributed by atoms with van der Waals surface area (Å²) in [5, 5.41) is 14.9. The maximum Gasteiger partial charge on any atom is 0.305 e. The maximum atomic E-state index is 5.85. The Balaban J connectivity index is 1.81. The number of halogens is 2. The number of rotatable bonds is 5. The monoisotopic (exact) mass is 336 g/mol. The molecule has 0 unspecified atom stereocenters. The highest BCUT2D eigenvalue weighted by atomic mass is 35.5. The van der Waals surface area contributed by atoms with Crippen LogP contribution in [-0.2, 0) is 0 Å². The van der Waals surface area contributed by atoms with E-state index in [9.17, 15) is 0 Å². The van der Waals surface area contributed by atoms with Crippen molar-refractivity contribution in [1.29, 1.82) is 0 Å². The van der Waals surface area contributed by atoms with E-state index < -0.39 is 6.29 Å². The van der Waals surface area contributed by atoms with Gasteiger partial charge in [-0.2, -0.15) is 5.21 Å². The average Bonchev–Trinajstić information content (AvgIpc) is 3.05. The van der Waals surface area contributed by atoms with Crippen LogP contribution >= 0.6 is 23.2 Å². The Bertz CT molecular complexity index is 670. The lowest BCUT2D eigenvalue weighted by Gasteiger charge is -2.17. The molecule has 112 valence electrons. The number of H-pyrrole nitrogens is 1. The van der Waals surface area contributed by atoms with Crippen molar-refractivity contribution in [2.24, 2.45) is 0 Å². The molecule has 22 heavy (non-hydrogen) atoms. The van der Waals surface area contributed by atoms with Gasteiger partial charge in [-0.25, -0.2) is 0 Å². The molecule has 0 saturated carbocycles. The van der Waals surface area contributed by atoms with Gasteiger partial charge >= 0.3 is 6.29 Å². The Morgan fingerprint density at radius 1 is 0.818 bits per heavy atom. The minimum atomic E-state index is -0.860. The van der Waals surface area contributed by atoms with Gasteiger partial charge in [0.25, 0.3) is 5.82 Å². The molecule has 8 heteroatoms. The van der Waals surface area contributed by atoms with Crippen molar-refractivity contribution < 1.29 is 9.47 Å². The molecule has 1 aromatic heterocycles. The van der Waals surface area contributed by atoms with Crippen LogP contribution in [-0.4, -0.2) is 20.6 Å². The second-order valence-corrected chi connectivity index (χ2v) is 5.12. The van der Waals surface area contributed by atoms with Crippen LogP contribution in [0.2, 0.25) is 10.0 Å². The highest BCUT2D eigenvalue weighted by Gasteiger charge is 2.20. The summed E-state index contributed by atoms with van der Waals surface area (Å²) < 4.78 is 11.5. The summed E-state index contributed by atoms with van der Waals surface area (Å²) in [6, 6.07) is 13.8. The molecule has 0 aliphatic carbocycles. The van der Waals surface area contributed by atoms with Crippen LogP contribution in [0.4, 0.5) is 0 Å². The van der Waals surface area contributed by atoms with Gasteiger partial charge in [0.15, 0.2) is 0 Å². The van der Waals surface area contributed by atoms with Crippen LogP contribution in [0.5, 0.6) is 11.5 Å². The molecular weight excluding hydrogens is 327 g/mol. The van der Waals surface area contributed by atoms with Crippen LogP contribution in [0.1, 0.15) is 12.1 Å². The number of aromatic amines is 1. The molecule has 0 radical (unpaired) electrons. The molecule has 0 aliphatic heterocycles. The number of ether oxygens (including phenoxy) is 2. The van der Waals surface area contributed by atoms with Gasteiger partial charge < -0.3 is 9.47 Å². The molecule has 1 heterocycles. The summed E-state index contributed by atoms with van der Waals surface area (Å²) >= 11 is 11.7. The first-order chi connectivity index (χ1) is 10.7. The van der Waals surface area contributed by atoms with Gasteiger partial charge in [-0.15, -0.1) is 10.2 Å². The molecule has 2 aromatic carbocycles. The second kappa shape index (κ2) is 6.64. The van der Waals surface area contributed by atoms with Gasteiger partial charge in [-0.05, 0) is 53.7 Å². The molecule has 0 amide bonds. The topological polar surface area (TPSA) is 72.9 Å². The van der Waals surface area contributed by atoms with Crippen LogP contribution in [0, 0.1) is 0 Å². The lowest BCUT2D eigenvalue weighted by atomic mass is 10.3. The molecule has 3 aromatic rings. The Morgan fingerprint density at radius 3 is 1.73 bits per heavy atom. The van der Waals surface area contributed by atoms with E-state index in [1.165, 1.54) is 0 Å². The quantitative estimate of drug-likeness (QED) is 0.719. The smallest absolute Gasteiger partial charge is 0.305 e. The summed E-state index contributed by atoms with van der Waals surface area (Å²) in [4.78, 5) is 0. The fourth-order valence-corrected chi connectivity index (χ4v) is 1.92. The predicted molar refractivity (Wildman–Crippen MR) is 81.1 cm³/mol. The van der Waals surface area contributed by atoms with Crippen molar-refractivity contribution in [3.8, 4) is 11.5 Å². The van der Waals surface area contributed by atoms with E-state index >= 15 is 0 Å². The van der Waals surface area contributed by atoms with Gasteiger partial charge in [0.05, 0.1) is 0 Å². The van der Waals surface area contributed by atoms with Crippen LogP contribution in [0.15, 0.2) is 48.5 Å². The summed E-state index contributed by atoms with van der Waals surface area (Å²) in [5.41, 5.74) is 0. The van der Waals surface area contributed by atoms with E-state index in [0.717, 1.165) is 0 Å². The Morgan fingerprint density at radius 2 is 1.32 bits per heavy atom. The second-order valence-electron chi connectivity index (χ2n) is 4.25. The third-order valence-electron chi connectivity index (χ3n) is 2.69. The molecule has 0 aliphatic rings. The molecule has 3 rings (SSSR count). The van der Waals surface area contributed by atoms with E-state index in [-0.39, 0.29) is 5.82 Å². The molecule has 0 atom stereocenters. The zero-order valence-corrected chi connectivity index (χ0v) is 12.6. The fourth-order valence-electron chi connectivity index (χ4n) is 1.67. The zero-order chi connectivity index (χ0) is 15.4. The molecule has 0 saturated heterocycles. The number of benzene rings is 2. The van der Waals surface area contributed by atoms with E-state index in [2.05, 4.69) is 20.6 Å². The highest BCUT2D eigenvalue weighted by molar-refractivity contribution is 6.30. The van der Waals surface area contributed by atoms with E-state index in [1.54, 1.807) is 48.5 Å². The first kappa shape index (κ1) is 14.6. The van der Waals surface area contributed by atoms with E-state index in [4.69, 9.17) is 32.7 Å². The van der Waals surface area contributed by atoms with Crippen molar-refractivity contribution in [3.05, 3.63) is 64.4 Å². The van der Waals surface area contributed by atoms with Gasteiger partial charge in [0, 0.05) is 10.0 Å². The van der Waals surface area contributed by atoms with Crippen LogP contribution in [0.3, 0.4) is 0 Å². The number of tetrazole rings is 1. The van der Waals surface area contributed by atoms with E-state index in [1.807, 2.05) is 0 Å². The standard InChI is InChI=1S/C14H10Cl2N4O2/c15-9-1-5-11(6-2-9)21-14(13-17-19-20-18-13)22-12-7-3-10(16)4-8-12/h1-8,14H,(H,17,18,19,20). The van der Waals surface area contributed by atoms with Crippen molar-refractivity contribution >= 4 is 23.2 Å². The molecule has 6 nitrogen and oxygen atoms in total. The molecular formula is C14H10Cl2N4O2. The normalized spacial score (nSPS) is 10.7. The van der Waals surface area contributed by atoms with Crippen molar-refractivity contribution in [2.75, 3.05) is 0 Å². The van der Waals surface area contributed by atoms with Crippen molar-refractivity contribution in [3.63, 3.8) is 0 Å². The van der Waals surface area contributed by atoms with E-state index in [0.29, 0.717) is 21.5 Å². The SMILES string of the molecule is Clc1ccc(OC(Oc2ccc(Cl)cc2)c2nn[nH]n2)cc1. The third-order valence-corrected chi connectivity index (χ3v) is 3.19. The summed E-state index contributed by atoms with van der Waals surface area (Å²) in [5.74, 6) is 1.39. The Labute approximate surface area is 136 Å². The largest absolute Gasteiger partial charge is 0.448 e. The average molecular weight is 337 g/mol.